The van der Waals surface area contributed by atoms with Gasteiger partial charge in [0, 0.05) is 13.1 Å². The lowest BCUT2D eigenvalue weighted by molar-refractivity contribution is 0.0601. The molecule has 1 aromatic carbocycles. The molecular formula is C16H27NO3S. The fraction of sp³-hybridized carbons (Fsp3) is 0.625. The quantitative estimate of drug-likeness (QED) is 0.842. The van der Waals surface area contributed by atoms with E-state index < -0.39 is 15.6 Å². The van der Waals surface area contributed by atoms with Gasteiger partial charge in [-0.05, 0) is 43.9 Å². The molecule has 120 valence electrons. The zero-order chi connectivity index (χ0) is 16.3. The Morgan fingerprint density at radius 3 is 2.10 bits per heavy atom. The number of aliphatic hydroxyl groups is 1. The minimum absolute atomic E-state index is 0.0823. The first-order chi connectivity index (χ1) is 9.61. The second kappa shape index (κ2) is 6.90. The molecule has 0 aliphatic carbocycles. The van der Waals surface area contributed by atoms with E-state index in [0.717, 1.165) is 12.0 Å². The number of hydrogen-bond acceptors (Lipinski definition) is 3. The van der Waals surface area contributed by atoms with Crippen molar-refractivity contribution >= 4 is 10.0 Å². The van der Waals surface area contributed by atoms with Gasteiger partial charge in [-0.15, -0.1) is 0 Å². The van der Waals surface area contributed by atoms with Crippen molar-refractivity contribution in [2.45, 2.75) is 57.5 Å². The van der Waals surface area contributed by atoms with Crippen LogP contribution in [0.15, 0.2) is 29.2 Å². The van der Waals surface area contributed by atoms with E-state index in [1.807, 2.05) is 12.1 Å². The van der Waals surface area contributed by atoms with Crippen molar-refractivity contribution in [2.75, 3.05) is 13.1 Å². The van der Waals surface area contributed by atoms with Crippen LogP contribution in [0.5, 0.6) is 0 Å². The lowest BCUT2D eigenvalue weighted by atomic mass is 9.99. The van der Waals surface area contributed by atoms with Crippen LogP contribution in [0.2, 0.25) is 0 Å². The van der Waals surface area contributed by atoms with Gasteiger partial charge in [-0.25, -0.2) is 8.42 Å². The maximum atomic E-state index is 12.6. The standard InChI is InChI=1S/C16H27NO3S/c1-6-13(3)14-8-10-15(11-9-14)21(19,20)17(7-2)12-16(4,5)18/h8-11,13,18H,6-7,12H2,1-5H3. The van der Waals surface area contributed by atoms with Crippen LogP contribution < -0.4 is 0 Å². The largest absolute Gasteiger partial charge is 0.389 e. The molecule has 0 saturated heterocycles. The van der Waals surface area contributed by atoms with Crippen LogP contribution >= 0.6 is 0 Å². The molecule has 4 nitrogen and oxygen atoms in total. The summed E-state index contributed by atoms with van der Waals surface area (Å²) < 4.78 is 26.5. The van der Waals surface area contributed by atoms with E-state index in [9.17, 15) is 13.5 Å². The van der Waals surface area contributed by atoms with Gasteiger partial charge < -0.3 is 5.11 Å². The van der Waals surface area contributed by atoms with Gasteiger partial charge >= 0.3 is 0 Å². The monoisotopic (exact) mass is 313 g/mol. The van der Waals surface area contributed by atoms with E-state index in [0.29, 0.717) is 12.5 Å². The summed E-state index contributed by atoms with van der Waals surface area (Å²) in [6.07, 6.45) is 1.02. The summed E-state index contributed by atoms with van der Waals surface area (Å²) in [5.74, 6) is 0.417. The minimum Gasteiger partial charge on any atom is -0.389 e. The Morgan fingerprint density at radius 2 is 1.71 bits per heavy atom. The molecule has 0 bridgehead atoms. The third-order valence-corrected chi connectivity index (χ3v) is 5.55. The van der Waals surface area contributed by atoms with Crippen molar-refractivity contribution in [2.24, 2.45) is 0 Å². The molecule has 1 unspecified atom stereocenters. The predicted octanol–water partition coefficient (Wildman–Crippen LogP) is 2.98. The van der Waals surface area contributed by atoms with Gasteiger partial charge in [-0.2, -0.15) is 4.31 Å². The Hall–Kier alpha value is -0.910. The maximum Gasteiger partial charge on any atom is 0.243 e. The zero-order valence-electron chi connectivity index (χ0n) is 13.6. The van der Waals surface area contributed by atoms with Crippen molar-refractivity contribution in [3.63, 3.8) is 0 Å². The number of sulfonamides is 1. The molecule has 0 aromatic heterocycles. The summed E-state index contributed by atoms with van der Waals surface area (Å²) in [5.41, 5.74) is 0.0849. The highest BCUT2D eigenvalue weighted by Crippen LogP contribution is 2.23. The maximum absolute atomic E-state index is 12.6. The average Bonchev–Trinajstić information content (AvgIpc) is 2.42. The molecule has 0 aliphatic heterocycles. The van der Waals surface area contributed by atoms with Gasteiger partial charge in [0.25, 0.3) is 0 Å². The summed E-state index contributed by atoms with van der Waals surface area (Å²) in [6.45, 7) is 9.64. The van der Waals surface area contributed by atoms with E-state index in [-0.39, 0.29) is 11.4 Å². The topological polar surface area (TPSA) is 57.6 Å². The number of rotatable bonds is 7. The Morgan fingerprint density at radius 1 is 1.19 bits per heavy atom. The molecule has 0 aliphatic rings. The van der Waals surface area contributed by atoms with E-state index in [2.05, 4.69) is 13.8 Å². The van der Waals surface area contributed by atoms with Crippen LogP contribution in [0, 0.1) is 0 Å². The van der Waals surface area contributed by atoms with Crippen molar-refractivity contribution in [3.8, 4) is 0 Å². The van der Waals surface area contributed by atoms with Gasteiger partial charge in [0.2, 0.25) is 10.0 Å². The number of likely N-dealkylation sites (N-methyl/N-ethyl adjacent to an activating group) is 1. The van der Waals surface area contributed by atoms with E-state index in [1.54, 1.807) is 32.9 Å². The van der Waals surface area contributed by atoms with Crippen LogP contribution in [-0.2, 0) is 10.0 Å². The Bertz CT molecular complexity index is 544. The minimum atomic E-state index is -3.56. The van der Waals surface area contributed by atoms with Crippen LogP contribution in [0.25, 0.3) is 0 Å². The molecule has 5 heteroatoms. The predicted molar refractivity (Wildman–Crippen MR) is 85.9 cm³/mol. The second-order valence-corrected chi connectivity index (χ2v) is 8.06. The molecule has 1 aromatic rings. The van der Waals surface area contributed by atoms with Crippen LogP contribution in [0.1, 0.15) is 52.5 Å². The first kappa shape index (κ1) is 18.1. The van der Waals surface area contributed by atoms with E-state index >= 15 is 0 Å². The number of nitrogens with zero attached hydrogens (tertiary/aromatic N) is 1. The lowest BCUT2D eigenvalue weighted by Crippen LogP contribution is -2.42. The fourth-order valence-electron chi connectivity index (χ4n) is 2.15. The Balaban J connectivity index is 3.06. The van der Waals surface area contributed by atoms with Gasteiger partial charge in [-0.3, -0.25) is 0 Å². The smallest absolute Gasteiger partial charge is 0.243 e. The molecule has 1 rings (SSSR count). The van der Waals surface area contributed by atoms with Gasteiger partial charge in [0.15, 0.2) is 0 Å². The van der Waals surface area contributed by atoms with Gasteiger partial charge in [0.1, 0.15) is 0 Å². The van der Waals surface area contributed by atoms with E-state index in [4.69, 9.17) is 0 Å². The molecule has 0 fully saturated rings. The normalized spacial score (nSPS) is 14.4. The highest BCUT2D eigenvalue weighted by molar-refractivity contribution is 7.89. The van der Waals surface area contributed by atoms with Crippen molar-refractivity contribution < 1.29 is 13.5 Å². The molecule has 0 spiro atoms. The lowest BCUT2D eigenvalue weighted by Gasteiger charge is -2.27. The van der Waals surface area contributed by atoms with Crippen LogP contribution in [0.4, 0.5) is 0 Å². The number of hydrogen-bond donors (Lipinski definition) is 1. The SMILES string of the molecule is CCC(C)c1ccc(S(=O)(=O)N(CC)CC(C)(C)O)cc1. The molecule has 1 atom stereocenters. The first-order valence-electron chi connectivity index (χ1n) is 7.44. The number of benzene rings is 1. The zero-order valence-corrected chi connectivity index (χ0v) is 14.4. The van der Waals surface area contributed by atoms with Gasteiger partial charge in [0.05, 0.1) is 10.5 Å². The van der Waals surface area contributed by atoms with Crippen molar-refractivity contribution in [1.29, 1.82) is 0 Å². The van der Waals surface area contributed by atoms with Gasteiger partial charge in [-0.1, -0.05) is 32.9 Å². The Labute approximate surface area is 128 Å². The van der Waals surface area contributed by atoms with Crippen LogP contribution in [-0.4, -0.2) is 36.5 Å². The summed E-state index contributed by atoms with van der Waals surface area (Å²) in [6, 6.07) is 7.06. The highest BCUT2D eigenvalue weighted by atomic mass is 32.2. The highest BCUT2D eigenvalue weighted by Gasteiger charge is 2.28. The van der Waals surface area contributed by atoms with E-state index in [1.165, 1.54) is 4.31 Å². The third kappa shape index (κ3) is 4.80. The molecule has 0 radical (unpaired) electrons. The molecule has 21 heavy (non-hydrogen) atoms. The molecule has 1 N–H and O–H groups in total. The summed E-state index contributed by atoms with van der Waals surface area (Å²) in [4.78, 5) is 0.278. The summed E-state index contributed by atoms with van der Waals surface area (Å²) >= 11 is 0. The molecule has 0 heterocycles. The van der Waals surface area contributed by atoms with Crippen molar-refractivity contribution in [3.05, 3.63) is 29.8 Å². The third-order valence-electron chi connectivity index (χ3n) is 3.62. The second-order valence-electron chi connectivity index (χ2n) is 6.12. The average molecular weight is 313 g/mol. The Kier molecular flexibility index (Phi) is 5.96. The van der Waals surface area contributed by atoms with Crippen molar-refractivity contribution in [1.82, 2.24) is 4.31 Å². The summed E-state index contributed by atoms with van der Waals surface area (Å²) in [5, 5.41) is 9.87. The summed E-state index contributed by atoms with van der Waals surface area (Å²) in [7, 11) is -3.56. The fourth-order valence-corrected chi connectivity index (χ4v) is 3.76. The first-order valence-corrected chi connectivity index (χ1v) is 8.88. The molecule has 0 amide bonds. The molecule has 0 saturated carbocycles. The van der Waals surface area contributed by atoms with Crippen LogP contribution in [0.3, 0.4) is 0 Å². The molecular weight excluding hydrogens is 286 g/mol.